The van der Waals surface area contributed by atoms with E-state index in [0.29, 0.717) is 34.6 Å². The molecule has 1 aromatic carbocycles. The molecule has 0 radical (unpaired) electrons. The van der Waals surface area contributed by atoms with E-state index in [9.17, 15) is 9.59 Å². The van der Waals surface area contributed by atoms with Crippen LogP contribution in [-0.2, 0) is 21.3 Å². The molecule has 0 saturated carbocycles. The highest BCUT2D eigenvalue weighted by Gasteiger charge is 2.21. The molecule has 152 valence electrons. The molecule has 1 unspecified atom stereocenters. The van der Waals surface area contributed by atoms with Crippen molar-refractivity contribution in [1.82, 2.24) is 20.1 Å². The molecule has 0 saturated heterocycles. The smallest absolute Gasteiger partial charge is 0.339 e. The first-order valence-corrected chi connectivity index (χ1v) is 9.26. The van der Waals surface area contributed by atoms with Crippen molar-refractivity contribution in [2.45, 2.75) is 19.9 Å². The number of methoxy groups -OCH3 is 1. The van der Waals surface area contributed by atoms with E-state index in [-0.39, 0.29) is 18.6 Å². The average Bonchev–Trinajstić information content (AvgIpc) is 3.00. The molecule has 8 nitrogen and oxygen atoms in total. The van der Waals surface area contributed by atoms with Crippen molar-refractivity contribution in [2.75, 3.05) is 20.3 Å². The monoisotopic (exact) mass is 396 g/mol. The van der Waals surface area contributed by atoms with Gasteiger partial charge in [-0.3, -0.25) is 9.48 Å². The number of nitrogens with zero attached hydrogens (tertiary/aromatic N) is 3. The van der Waals surface area contributed by atoms with Gasteiger partial charge in [-0.05, 0) is 19.9 Å². The van der Waals surface area contributed by atoms with Crippen LogP contribution in [0.2, 0.25) is 0 Å². The largest absolute Gasteiger partial charge is 0.452 e. The van der Waals surface area contributed by atoms with Gasteiger partial charge in [0.15, 0.2) is 12.3 Å². The van der Waals surface area contributed by atoms with Crippen LogP contribution >= 0.6 is 0 Å². The van der Waals surface area contributed by atoms with E-state index in [1.165, 1.54) is 0 Å². The van der Waals surface area contributed by atoms with Crippen LogP contribution in [0, 0.1) is 6.92 Å². The fourth-order valence-electron chi connectivity index (χ4n) is 3.18. The van der Waals surface area contributed by atoms with Crippen LogP contribution in [0.5, 0.6) is 0 Å². The summed E-state index contributed by atoms with van der Waals surface area (Å²) in [5.41, 5.74) is 3.07. The van der Waals surface area contributed by atoms with Crippen LogP contribution in [0.15, 0.2) is 36.4 Å². The van der Waals surface area contributed by atoms with Gasteiger partial charge in [-0.15, -0.1) is 0 Å². The van der Waals surface area contributed by atoms with Gasteiger partial charge in [-0.25, -0.2) is 9.78 Å². The zero-order chi connectivity index (χ0) is 21.0. The van der Waals surface area contributed by atoms with Gasteiger partial charge in [0.25, 0.3) is 5.91 Å². The molecule has 29 heavy (non-hydrogen) atoms. The Morgan fingerprint density at radius 1 is 1.24 bits per heavy atom. The van der Waals surface area contributed by atoms with E-state index in [1.807, 2.05) is 37.3 Å². The maximum absolute atomic E-state index is 12.8. The number of pyridine rings is 1. The number of aryl methyl sites for hydroxylation is 2. The van der Waals surface area contributed by atoms with Crippen molar-refractivity contribution in [1.29, 1.82) is 0 Å². The van der Waals surface area contributed by atoms with Gasteiger partial charge in [0.2, 0.25) is 0 Å². The lowest BCUT2D eigenvalue weighted by atomic mass is 10.1. The maximum atomic E-state index is 12.8. The highest BCUT2D eigenvalue weighted by Crippen LogP contribution is 2.27. The first-order chi connectivity index (χ1) is 13.9. The Morgan fingerprint density at radius 2 is 1.97 bits per heavy atom. The lowest BCUT2D eigenvalue weighted by molar-refractivity contribution is -0.125. The SMILES string of the molecule is COCC(C)NC(=O)COC(=O)c1cc(-c2ccccc2)nc2c1c(C)nn2C. The topological polar surface area (TPSA) is 95.3 Å². The van der Waals surface area contributed by atoms with E-state index >= 15 is 0 Å². The third-order valence-corrected chi connectivity index (χ3v) is 4.42. The molecule has 0 spiro atoms. The lowest BCUT2D eigenvalue weighted by Crippen LogP contribution is -2.38. The average molecular weight is 396 g/mol. The molecule has 1 amide bonds. The Balaban J connectivity index is 1.89. The van der Waals surface area contributed by atoms with Crippen molar-refractivity contribution < 1.29 is 19.1 Å². The highest BCUT2D eigenvalue weighted by molar-refractivity contribution is 6.05. The molecular formula is C21H24N4O4. The number of hydrogen-bond donors (Lipinski definition) is 1. The minimum atomic E-state index is -0.597. The van der Waals surface area contributed by atoms with E-state index in [2.05, 4.69) is 15.4 Å². The molecule has 0 fully saturated rings. The number of hydrogen-bond acceptors (Lipinski definition) is 6. The number of carbonyl (C=O) groups excluding carboxylic acids is 2. The summed E-state index contributed by atoms with van der Waals surface area (Å²) in [6.07, 6.45) is 0. The molecule has 0 aliphatic heterocycles. The summed E-state index contributed by atoms with van der Waals surface area (Å²) in [6.45, 7) is 3.61. The van der Waals surface area contributed by atoms with Gasteiger partial charge in [-0.2, -0.15) is 5.10 Å². The van der Waals surface area contributed by atoms with Crippen LogP contribution in [0.4, 0.5) is 0 Å². The Hall–Kier alpha value is -3.26. The molecule has 0 aliphatic rings. The number of nitrogens with one attached hydrogen (secondary N) is 1. The number of amides is 1. The Labute approximate surface area is 168 Å². The number of carbonyl (C=O) groups is 2. The van der Waals surface area contributed by atoms with Gasteiger partial charge < -0.3 is 14.8 Å². The van der Waals surface area contributed by atoms with Gasteiger partial charge in [0, 0.05) is 25.8 Å². The number of benzene rings is 1. The molecule has 8 heteroatoms. The second kappa shape index (κ2) is 8.83. The van der Waals surface area contributed by atoms with E-state index in [4.69, 9.17) is 9.47 Å². The van der Waals surface area contributed by atoms with Crippen molar-refractivity contribution in [3.63, 3.8) is 0 Å². The van der Waals surface area contributed by atoms with E-state index < -0.39 is 5.97 Å². The summed E-state index contributed by atoms with van der Waals surface area (Å²) in [5.74, 6) is -0.986. The van der Waals surface area contributed by atoms with Crippen LogP contribution < -0.4 is 5.32 Å². The number of fused-ring (bicyclic) bond motifs is 1. The zero-order valence-corrected chi connectivity index (χ0v) is 16.9. The van der Waals surface area contributed by atoms with Crippen molar-refractivity contribution in [3.8, 4) is 11.3 Å². The number of aromatic nitrogens is 3. The van der Waals surface area contributed by atoms with Crippen LogP contribution in [0.3, 0.4) is 0 Å². The van der Waals surface area contributed by atoms with Gasteiger partial charge >= 0.3 is 5.97 Å². The summed E-state index contributed by atoms with van der Waals surface area (Å²) < 4.78 is 11.9. The molecule has 0 bridgehead atoms. The minimum Gasteiger partial charge on any atom is -0.452 e. The molecule has 3 rings (SSSR count). The molecule has 3 aromatic rings. The Bertz CT molecular complexity index is 1030. The van der Waals surface area contributed by atoms with Gasteiger partial charge in [0.1, 0.15) is 0 Å². The minimum absolute atomic E-state index is 0.177. The van der Waals surface area contributed by atoms with Crippen LogP contribution in [0.25, 0.3) is 22.3 Å². The predicted molar refractivity (Wildman–Crippen MR) is 108 cm³/mol. The fraction of sp³-hybridized carbons (Fsp3) is 0.333. The van der Waals surface area contributed by atoms with Crippen molar-refractivity contribution in [3.05, 3.63) is 47.7 Å². The normalized spacial score (nSPS) is 12.0. The molecule has 0 aliphatic carbocycles. The summed E-state index contributed by atoms with van der Waals surface area (Å²) >= 11 is 0. The van der Waals surface area contributed by atoms with Crippen LogP contribution in [0.1, 0.15) is 23.0 Å². The van der Waals surface area contributed by atoms with E-state index in [1.54, 1.807) is 31.8 Å². The number of esters is 1. The highest BCUT2D eigenvalue weighted by atomic mass is 16.5. The summed E-state index contributed by atoms with van der Waals surface area (Å²) in [7, 11) is 3.33. The predicted octanol–water partition coefficient (Wildman–Crippen LogP) is 2.25. The molecule has 1 N–H and O–H groups in total. The van der Waals surface area contributed by atoms with Gasteiger partial charge in [0.05, 0.1) is 28.9 Å². The lowest BCUT2D eigenvalue weighted by Gasteiger charge is -2.13. The molecule has 2 aromatic heterocycles. The summed E-state index contributed by atoms with van der Waals surface area (Å²) in [4.78, 5) is 29.5. The second-order valence-electron chi connectivity index (χ2n) is 6.83. The first kappa shape index (κ1) is 20.5. The number of rotatable bonds is 7. The summed E-state index contributed by atoms with van der Waals surface area (Å²) in [6, 6.07) is 11.0. The quantitative estimate of drug-likeness (QED) is 0.616. The first-order valence-electron chi connectivity index (χ1n) is 9.26. The molecular weight excluding hydrogens is 372 g/mol. The van der Waals surface area contributed by atoms with Crippen molar-refractivity contribution >= 4 is 22.9 Å². The zero-order valence-electron chi connectivity index (χ0n) is 16.9. The fourth-order valence-corrected chi connectivity index (χ4v) is 3.18. The standard InChI is InChI=1S/C21H24N4O4/c1-13(11-28-4)22-18(26)12-29-21(27)16-10-17(15-8-6-5-7-9-15)23-20-19(16)14(2)24-25(20)3/h5-10,13H,11-12H2,1-4H3,(H,22,26). The van der Waals surface area contributed by atoms with Gasteiger partial charge in [-0.1, -0.05) is 30.3 Å². The summed E-state index contributed by atoms with van der Waals surface area (Å²) in [5, 5.41) is 7.70. The molecule has 2 heterocycles. The number of ether oxygens (including phenoxy) is 2. The van der Waals surface area contributed by atoms with Crippen molar-refractivity contribution in [2.24, 2.45) is 7.05 Å². The maximum Gasteiger partial charge on any atom is 0.339 e. The second-order valence-corrected chi connectivity index (χ2v) is 6.83. The third kappa shape index (κ3) is 4.60. The van der Waals surface area contributed by atoms with Crippen LogP contribution in [-0.4, -0.2) is 53.0 Å². The third-order valence-electron chi connectivity index (χ3n) is 4.42. The Morgan fingerprint density at radius 3 is 2.66 bits per heavy atom. The Kier molecular flexibility index (Phi) is 6.23. The van der Waals surface area contributed by atoms with E-state index in [0.717, 1.165) is 5.56 Å². The molecule has 1 atom stereocenters.